The van der Waals surface area contributed by atoms with Crippen LogP contribution in [0.2, 0.25) is 0 Å². The van der Waals surface area contributed by atoms with Crippen LogP contribution in [-0.4, -0.2) is 44.8 Å². The van der Waals surface area contributed by atoms with Gasteiger partial charge in [-0.2, -0.15) is 0 Å². The van der Waals surface area contributed by atoms with Crippen molar-refractivity contribution in [2.45, 2.75) is 18.1 Å². The number of hydrogen-bond donors (Lipinski definition) is 2. The first-order chi connectivity index (χ1) is 16.9. The minimum absolute atomic E-state index is 0.0130. The molecule has 0 aliphatic carbocycles. The molecule has 1 saturated heterocycles. The summed E-state index contributed by atoms with van der Waals surface area (Å²) in [6, 6.07) is 21.1. The van der Waals surface area contributed by atoms with Gasteiger partial charge in [0.05, 0.1) is 11.3 Å². The molecule has 3 aromatic carbocycles. The fraction of sp³-hybridized carbons (Fsp3) is 0.154. The first-order valence-corrected chi connectivity index (χ1v) is 11.8. The standard InChI is InChI=1S/C26H22FN3O4S/c27-19-8-12-21(13-9-19)29-26-30(15-14-17-4-2-1-3-5-17)23(31)16-22(35-26)24(32)28-20-10-6-18(7-11-20)25(33)34/h1-13,22H,14-16H2,(H,28,32)(H,33,34)/t22-/m0/s1. The summed E-state index contributed by atoms with van der Waals surface area (Å²) < 4.78 is 13.4. The molecule has 1 atom stereocenters. The van der Waals surface area contributed by atoms with Crippen LogP contribution in [0.5, 0.6) is 0 Å². The molecule has 2 N–H and O–H groups in total. The number of thioether (sulfide) groups is 1. The van der Waals surface area contributed by atoms with Crippen molar-refractivity contribution in [2.75, 3.05) is 11.9 Å². The number of aliphatic imine (C=N–C) groups is 1. The zero-order valence-electron chi connectivity index (χ0n) is 18.6. The molecule has 3 aromatic rings. The zero-order valence-corrected chi connectivity index (χ0v) is 19.4. The number of aromatic carboxylic acids is 1. The van der Waals surface area contributed by atoms with Gasteiger partial charge in [0.15, 0.2) is 5.17 Å². The van der Waals surface area contributed by atoms with Gasteiger partial charge < -0.3 is 10.4 Å². The summed E-state index contributed by atoms with van der Waals surface area (Å²) in [6.45, 7) is 0.390. The minimum atomic E-state index is -1.06. The number of carbonyl (C=O) groups is 3. The first-order valence-electron chi connectivity index (χ1n) is 10.9. The van der Waals surface area contributed by atoms with Crippen molar-refractivity contribution in [1.29, 1.82) is 0 Å². The van der Waals surface area contributed by atoms with E-state index >= 15 is 0 Å². The summed E-state index contributed by atoms with van der Waals surface area (Å²) in [7, 11) is 0. The number of anilines is 1. The molecule has 178 valence electrons. The van der Waals surface area contributed by atoms with Crippen LogP contribution in [0.15, 0.2) is 83.9 Å². The fourth-order valence-electron chi connectivity index (χ4n) is 3.49. The summed E-state index contributed by atoms with van der Waals surface area (Å²) in [6.07, 6.45) is 0.600. The van der Waals surface area contributed by atoms with Gasteiger partial charge in [0, 0.05) is 18.7 Å². The summed E-state index contributed by atoms with van der Waals surface area (Å²) >= 11 is 1.17. The van der Waals surface area contributed by atoms with Crippen LogP contribution >= 0.6 is 11.8 Å². The Labute approximate surface area is 205 Å². The Morgan fingerprint density at radius 1 is 1.03 bits per heavy atom. The predicted octanol–water partition coefficient (Wildman–Crippen LogP) is 4.73. The highest BCUT2D eigenvalue weighted by Gasteiger charge is 2.35. The Balaban J connectivity index is 1.53. The van der Waals surface area contributed by atoms with Crippen molar-refractivity contribution < 1.29 is 23.9 Å². The largest absolute Gasteiger partial charge is 0.478 e. The maximum atomic E-state index is 13.4. The first kappa shape index (κ1) is 24.2. The normalized spacial score (nSPS) is 16.8. The lowest BCUT2D eigenvalue weighted by atomic mass is 10.1. The van der Waals surface area contributed by atoms with Gasteiger partial charge >= 0.3 is 5.97 Å². The van der Waals surface area contributed by atoms with Crippen molar-refractivity contribution in [1.82, 2.24) is 4.90 Å². The summed E-state index contributed by atoms with van der Waals surface area (Å²) in [5.74, 6) is -2.08. The highest BCUT2D eigenvalue weighted by molar-refractivity contribution is 8.15. The molecule has 0 unspecified atom stereocenters. The summed E-state index contributed by atoms with van der Waals surface area (Å²) in [5.41, 5.74) is 2.07. The molecule has 1 aliphatic rings. The van der Waals surface area contributed by atoms with E-state index < -0.39 is 17.0 Å². The maximum Gasteiger partial charge on any atom is 0.335 e. The third-order valence-electron chi connectivity index (χ3n) is 5.35. The van der Waals surface area contributed by atoms with E-state index in [1.165, 1.54) is 60.3 Å². The third kappa shape index (κ3) is 6.33. The van der Waals surface area contributed by atoms with Crippen LogP contribution in [0.3, 0.4) is 0 Å². The molecule has 0 bridgehead atoms. The molecule has 1 aliphatic heterocycles. The van der Waals surface area contributed by atoms with E-state index in [0.29, 0.717) is 29.5 Å². The topological polar surface area (TPSA) is 99.1 Å². The molecule has 9 heteroatoms. The number of benzene rings is 3. The second-order valence-electron chi connectivity index (χ2n) is 7.83. The van der Waals surface area contributed by atoms with E-state index in [1.807, 2.05) is 30.3 Å². The Kier molecular flexibility index (Phi) is 7.57. The van der Waals surface area contributed by atoms with E-state index in [4.69, 9.17) is 5.11 Å². The minimum Gasteiger partial charge on any atom is -0.478 e. The number of halogens is 1. The number of carboxylic acid groups (broad SMARTS) is 1. The lowest BCUT2D eigenvalue weighted by Gasteiger charge is -2.32. The molecular weight excluding hydrogens is 469 g/mol. The van der Waals surface area contributed by atoms with Crippen molar-refractivity contribution in [2.24, 2.45) is 4.99 Å². The number of amidine groups is 1. The Morgan fingerprint density at radius 3 is 2.37 bits per heavy atom. The van der Waals surface area contributed by atoms with Crippen molar-refractivity contribution >= 4 is 46.1 Å². The molecule has 0 radical (unpaired) electrons. The van der Waals surface area contributed by atoms with Crippen molar-refractivity contribution in [3.63, 3.8) is 0 Å². The van der Waals surface area contributed by atoms with Crippen LogP contribution in [0.4, 0.5) is 15.8 Å². The van der Waals surface area contributed by atoms with Crippen LogP contribution < -0.4 is 5.32 Å². The molecule has 0 aromatic heterocycles. The van der Waals surface area contributed by atoms with Crippen LogP contribution in [-0.2, 0) is 16.0 Å². The van der Waals surface area contributed by atoms with Gasteiger partial charge in [0.2, 0.25) is 11.8 Å². The smallest absolute Gasteiger partial charge is 0.335 e. The quantitative estimate of drug-likeness (QED) is 0.498. The average Bonchev–Trinajstić information content (AvgIpc) is 2.85. The molecule has 0 saturated carbocycles. The third-order valence-corrected chi connectivity index (χ3v) is 6.54. The van der Waals surface area contributed by atoms with Crippen LogP contribution in [0, 0.1) is 5.82 Å². The van der Waals surface area contributed by atoms with E-state index in [-0.39, 0.29) is 23.8 Å². The number of rotatable bonds is 7. The SMILES string of the molecule is O=C(O)c1ccc(NC(=O)[C@@H]2CC(=O)N(CCc3ccccc3)C(=Nc3ccc(F)cc3)S2)cc1. The highest BCUT2D eigenvalue weighted by atomic mass is 32.2. The van der Waals surface area contributed by atoms with Crippen molar-refractivity contribution in [3.05, 3.63) is 95.8 Å². The average molecular weight is 492 g/mol. The molecule has 1 fully saturated rings. The second-order valence-corrected chi connectivity index (χ2v) is 9.00. The van der Waals surface area contributed by atoms with Gasteiger partial charge in [-0.3, -0.25) is 14.5 Å². The Hall–Kier alpha value is -3.98. The lowest BCUT2D eigenvalue weighted by Crippen LogP contribution is -2.46. The monoisotopic (exact) mass is 491 g/mol. The number of hydrogen-bond acceptors (Lipinski definition) is 5. The lowest BCUT2D eigenvalue weighted by molar-refractivity contribution is -0.129. The summed E-state index contributed by atoms with van der Waals surface area (Å²) in [4.78, 5) is 43.2. The summed E-state index contributed by atoms with van der Waals surface area (Å²) in [5, 5.41) is 11.4. The Morgan fingerprint density at radius 2 is 1.71 bits per heavy atom. The molecule has 2 amide bonds. The van der Waals surface area contributed by atoms with Gasteiger partial charge in [-0.05, 0) is 60.5 Å². The van der Waals surface area contributed by atoms with Gasteiger partial charge in [-0.1, -0.05) is 42.1 Å². The Bertz CT molecular complexity index is 1250. The fourth-order valence-corrected chi connectivity index (χ4v) is 4.62. The second kappa shape index (κ2) is 11.0. The van der Waals surface area contributed by atoms with Gasteiger partial charge in [-0.15, -0.1) is 0 Å². The van der Waals surface area contributed by atoms with Crippen molar-refractivity contribution in [3.8, 4) is 0 Å². The number of amides is 2. The van der Waals surface area contributed by atoms with E-state index in [9.17, 15) is 18.8 Å². The number of carboxylic acids is 1. The van der Waals surface area contributed by atoms with Gasteiger partial charge in [0.25, 0.3) is 0 Å². The maximum absolute atomic E-state index is 13.4. The molecular formula is C26H22FN3O4S. The predicted molar refractivity (Wildman–Crippen MR) is 133 cm³/mol. The molecule has 7 nitrogen and oxygen atoms in total. The van der Waals surface area contributed by atoms with Gasteiger partial charge in [0.1, 0.15) is 11.1 Å². The number of nitrogens with one attached hydrogen (secondary N) is 1. The van der Waals surface area contributed by atoms with Crippen LogP contribution in [0.1, 0.15) is 22.3 Å². The number of nitrogens with zero attached hydrogens (tertiary/aromatic N) is 2. The zero-order chi connectivity index (χ0) is 24.8. The molecule has 0 spiro atoms. The van der Waals surface area contributed by atoms with E-state index in [1.54, 1.807) is 4.90 Å². The number of carbonyl (C=O) groups excluding carboxylic acids is 2. The van der Waals surface area contributed by atoms with E-state index in [2.05, 4.69) is 10.3 Å². The van der Waals surface area contributed by atoms with E-state index in [0.717, 1.165) is 5.56 Å². The highest BCUT2D eigenvalue weighted by Crippen LogP contribution is 2.30. The van der Waals surface area contributed by atoms with Crippen LogP contribution in [0.25, 0.3) is 0 Å². The molecule has 35 heavy (non-hydrogen) atoms. The van der Waals surface area contributed by atoms with Gasteiger partial charge in [-0.25, -0.2) is 14.2 Å². The molecule has 4 rings (SSSR count). The molecule has 1 heterocycles.